The van der Waals surface area contributed by atoms with Gasteiger partial charge in [-0.25, -0.2) is 9.59 Å². The number of hydrogen-bond acceptors (Lipinski definition) is 8. The Morgan fingerprint density at radius 3 is 2.25 bits per heavy atom. The summed E-state index contributed by atoms with van der Waals surface area (Å²) in [5, 5.41) is 2.40. The number of nitrogens with one attached hydrogen (secondary N) is 1. The van der Waals surface area contributed by atoms with Gasteiger partial charge in [-0.15, -0.1) is 0 Å². The van der Waals surface area contributed by atoms with Crippen LogP contribution in [0.15, 0.2) is 24.5 Å². The standard InChI is InChI=1S/C15H23NO8/c1-11(2)14(18)21-6-5-16-15(19)22-8-7-20-10-24-12(3)9-23-13(4)17/h1,3,5-10H2,2,4H3,(H,16,19). The van der Waals surface area contributed by atoms with E-state index in [-0.39, 0.29) is 51.1 Å². The molecule has 0 spiro atoms. The number of alkyl carbamates (subject to hydrolysis) is 1. The summed E-state index contributed by atoms with van der Waals surface area (Å²) >= 11 is 0. The van der Waals surface area contributed by atoms with Crippen LogP contribution in [0.25, 0.3) is 0 Å². The lowest BCUT2D eigenvalue weighted by Crippen LogP contribution is -2.29. The molecule has 0 aliphatic heterocycles. The van der Waals surface area contributed by atoms with Crippen molar-refractivity contribution < 1.29 is 38.1 Å². The van der Waals surface area contributed by atoms with E-state index in [2.05, 4.69) is 23.2 Å². The first-order valence-electron chi connectivity index (χ1n) is 7.08. The van der Waals surface area contributed by atoms with Crippen molar-refractivity contribution in [2.24, 2.45) is 0 Å². The van der Waals surface area contributed by atoms with Crippen molar-refractivity contribution in [2.75, 3.05) is 39.8 Å². The second-order valence-corrected chi connectivity index (χ2v) is 4.47. The van der Waals surface area contributed by atoms with Gasteiger partial charge in [-0.2, -0.15) is 0 Å². The summed E-state index contributed by atoms with van der Waals surface area (Å²) in [4.78, 5) is 32.9. The number of amides is 1. The lowest BCUT2D eigenvalue weighted by Gasteiger charge is -2.10. The highest BCUT2D eigenvalue weighted by Gasteiger charge is 2.04. The summed E-state index contributed by atoms with van der Waals surface area (Å²) in [6.07, 6.45) is -0.662. The molecule has 0 fully saturated rings. The number of carbonyl (C=O) groups is 3. The minimum atomic E-state index is -0.662. The van der Waals surface area contributed by atoms with E-state index in [4.69, 9.17) is 18.9 Å². The maximum absolute atomic E-state index is 11.3. The van der Waals surface area contributed by atoms with Crippen LogP contribution < -0.4 is 5.32 Å². The first kappa shape index (κ1) is 21.4. The Morgan fingerprint density at radius 1 is 0.917 bits per heavy atom. The molecule has 9 heteroatoms. The van der Waals surface area contributed by atoms with Crippen LogP contribution in [0.4, 0.5) is 4.79 Å². The van der Waals surface area contributed by atoms with Gasteiger partial charge in [0.2, 0.25) is 0 Å². The molecule has 0 aromatic heterocycles. The molecule has 1 amide bonds. The molecular formula is C15H23NO8. The SMILES string of the molecule is C=C(COC(C)=O)OCOCCOC(=O)NCCOC(=O)C(=C)C. The summed E-state index contributed by atoms with van der Waals surface area (Å²) in [5.74, 6) is -0.712. The van der Waals surface area contributed by atoms with Gasteiger partial charge >= 0.3 is 18.0 Å². The number of rotatable bonds is 12. The zero-order valence-electron chi connectivity index (χ0n) is 13.9. The number of esters is 2. The Bertz CT molecular complexity index is 460. The van der Waals surface area contributed by atoms with Crippen LogP contribution in [-0.2, 0) is 33.3 Å². The van der Waals surface area contributed by atoms with E-state index in [1.54, 1.807) is 0 Å². The summed E-state index contributed by atoms with van der Waals surface area (Å²) < 4.78 is 24.3. The van der Waals surface area contributed by atoms with Crippen molar-refractivity contribution in [3.63, 3.8) is 0 Å². The second-order valence-electron chi connectivity index (χ2n) is 4.47. The van der Waals surface area contributed by atoms with Crippen LogP contribution in [-0.4, -0.2) is 57.8 Å². The fourth-order valence-corrected chi connectivity index (χ4v) is 1.07. The summed E-state index contributed by atoms with van der Waals surface area (Å²) in [6.45, 7) is 9.86. The number of ether oxygens (including phenoxy) is 5. The zero-order valence-corrected chi connectivity index (χ0v) is 13.9. The summed E-state index contributed by atoms with van der Waals surface area (Å²) in [6, 6.07) is 0. The topological polar surface area (TPSA) is 109 Å². The molecule has 0 aromatic rings. The summed E-state index contributed by atoms with van der Waals surface area (Å²) in [7, 11) is 0. The minimum Gasteiger partial charge on any atom is -0.469 e. The van der Waals surface area contributed by atoms with Crippen molar-refractivity contribution in [1.82, 2.24) is 5.32 Å². The molecule has 0 heterocycles. The van der Waals surface area contributed by atoms with Gasteiger partial charge in [0.05, 0.1) is 13.2 Å². The average Bonchev–Trinajstić information content (AvgIpc) is 2.52. The van der Waals surface area contributed by atoms with Crippen LogP contribution in [0.2, 0.25) is 0 Å². The number of carbonyl (C=O) groups excluding carboxylic acids is 3. The van der Waals surface area contributed by atoms with Gasteiger partial charge in [-0.05, 0) is 6.92 Å². The zero-order chi connectivity index (χ0) is 18.4. The smallest absolute Gasteiger partial charge is 0.407 e. The fraction of sp³-hybridized carbons (Fsp3) is 0.533. The van der Waals surface area contributed by atoms with Crippen molar-refractivity contribution in [3.05, 3.63) is 24.5 Å². The molecule has 1 N–H and O–H groups in total. The molecule has 0 atom stereocenters. The first-order valence-corrected chi connectivity index (χ1v) is 7.08. The van der Waals surface area contributed by atoms with E-state index < -0.39 is 18.0 Å². The Hall–Kier alpha value is -2.55. The highest BCUT2D eigenvalue weighted by molar-refractivity contribution is 5.86. The predicted octanol–water partition coefficient (Wildman–Crippen LogP) is 0.899. The van der Waals surface area contributed by atoms with Gasteiger partial charge in [0, 0.05) is 12.5 Å². The molecule has 0 saturated carbocycles. The maximum atomic E-state index is 11.3. The van der Waals surface area contributed by atoms with Crippen LogP contribution in [0.1, 0.15) is 13.8 Å². The third-order valence-corrected chi connectivity index (χ3v) is 2.20. The minimum absolute atomic E-state index is 0.0111. The van der Waals surface area contributed by atoms with E-state index in [1.807, 2.05) is 0 Å². The molecule has 0 radical (unpaired) electrons. The van der Waals surface area contributed by atoms with Crippen molar-refractivity contribution in [2.45, 2.75) is 13.8 Å². The fourth-order valence-electron chi connectivity index (χ4n) is 1.07. The largest absolute Gasteiger partial charge is 0.469 e. The molecule has 0 aliphatic rings. The Morgan fingerprint density at radius 2 is 1.62 bits per heavy atom. The van der Waals surface area contributed by atoms with Gasteiger partial charge in [0.1, 0.15) is 25.6 Å². The normalized spacial score (nSPS) is 9.58. The van der Waals surface area contributed by atoms with Gasteiger partial charge in [0.15, 0.2) is 6.79 Å². The molecular weight excluding hydrogens is 322 g/mol. The maximum Gasteiger partial charge on any atom is 0.407 e. The molecule has 0 aromatic carbocycles. The molecule has 0 rings (SSSR count). The average molecular weight is 345 g/mol. The van der Waals surface area contributed by atoms with E-state index in [9.17, 15) is 14.4 Å². The van der Waals surface area contributed by atoms with Crippen molar-refractivity contribution in [1.29, 1.82) is 0 Å². The van der Waals surface area contributed by atoms with Crippen LogP contribution in [0.5, 0.6) is 0 Å². The molecule has 24 heavy (non-hydrogen) atoms. The van der Waals surface area contributed by atoms with E-state index in [0.717, 1.165) is 0 Å². The monoisotopic (exact) mass is 345 g/mol. The van der Waals surface area contributed by atoms with E-state index in [1.165, 1.54) is 13.8 Å². The quantitative estimate of drug-likeness (QED) is 0.139. The molecule has 0 unspecified atom stereocenters. The second kappa shape index (κ2) is 12.9. The lowest BCUT2D eigenvalue weighted by atomic mass is 10.4. The Balaban J connectivity index is 3.46. The third-order valence-electron chi connectivity index (χ3n) is 2.20. The predicted molar refractivity (Wildman–Crippen MR) is 82.8 cm³/mol. The Kier molecular flexibility index (Phi) is 11.6. The van der Waals surface area contributed by atoms with Crippen molar-refractivity contribution in [3.8, 4) is 0 Å². The van der Waals surface area contributed by atoms with E-state index >= 15 is 0 Å². The van der Waals surface area contributed by atoms with Crippen LogP contribution >= 0.6 is 0 Å². The number of hydrogen-bond donors (Lipinski definition) is 1. The van der Waals surface area contributed by atoms with Gasteiger partial charge in [0.25, 0.3) is 0 Å². The molecule has 136 valence electrons. The highest BCUT2D eigenvalue weighted by atomic mass is 16.7. The molecule has 0 aliphatic carbocycles. The van der Waals surface area contributed by atoms with Gasteiger partial charge in [-0.1, -0.05) is 13.2 Å². The first-order chi connectivity index (χ1) is 11.3. The van der Waals surface area contributed by atoms with Gasteiger partial charge < -0.3 is 29.0 Å². The van der Waals surface area contributed by atoms with Crippen LogP contribution in [0.3, 0.4) is 0 Å². The molecule has 0 saturated heterocycles. The van der Waals surface area contributed by atoms with Crippen LogP contribution in [0, 0.1) is 0 Å². The summed E-state index contributed by atoms with van der Waals surface area (Å²) in [5.41, 5.74) is 0.285. The van der Waals surface area contributed by atoms with E-state index in [0.29, 0.717) is 0 Å². The highest BCUT2D eigenvalue weighted by Crippen LogP contribution is 1.95. The molecule has 0 bridgehead atoms. The van der Waals surface area contributed by atoms with Gasteiger partial charge in [-0.3, -0.25) is 4.79 Å². The third kappa shape index (κ3) is 13.1. The Labute approximate surface area is 140 Å². The van der Waals surface area contributed by atoms with Crippen molar-refractivity contribution >= 4 is 18.0 Å². The lowest BCUT2D eigenvalue weighted by molar-refractivity contribution is -0.142. The molecule has 9 nitrogen and oxygen atoms in total.